The van der Waals surface area contributed by atoms with Crippen molar-refractivity contribution in [3.8, 4) is 0 Å². The molecule has 7 heavy (non-hydrogen) atoms. The Balaban J connectivity index is 2.17. The van der Waals surface area contributed by atoms with Crippen LogP contribution in [0.2, 0.25) is 0 Å². The summed E-state index contributed by atoms with van der Waals surface area (Å²) in [5.74, 6) is 0. The molecule has 1 aliphatic heterocycles. The van der Waals surface area contributed by atoms with Crippen LogP contribution < -0.4 is 0 Å². The average molecular weight is 97.1 g/mol. The summed E-state index contributed by atoms with van der Waals surface area (Å²) < 4.78 is 5.09. The lowest BCUT2D eigenvalue weighted by Gasteiger charge is -2.29. The van der Waals surface area contributed by atoms with Gasteiger partial charge in [0.25, 0.3) is 0 Å². The number of hydrogen-bond acceptors (Lipinski definition) is 1. The maximum Gasteiger partial charge on any atom is 0.121 e. The Morgan fingerprint density at radius 3 is 2.71 bits per heavy atom. The zero-order valence-electron chi connectivity index (χ0n) is 4.48. The smallest absolute Gasteiger partial charge is 0.121 e. The van der Waals surface area contributed by atoms with Crippen LogP contribution in [0, 0.1) is 6.10 Å². The molecule has 1 rings (SSSR count). The van der Waals surface area contributed by atoms with E-state index in [1.54, 1.807) is 6.08 Å². The van der Waals surface area contributed by atoms with E-state index in [0.717, 1.165) is 12.5 Å². The van der Waals surface area contributed by atoms with E-state index in [-0.39, 0.29) is 0 Å². The van der Waals surface area contributed by atoms with E-state index in [1.165, 1.54) is 0 Å². The van der Waals surface area contributed by atoms with Crippen LogP contribution in [0.25, 0.3) is 0 Å². The highest BCUT2D eigenvalue weighted by Gasteiger charge is 2.23. The second kappa shape index (κ2) is 1.66. The molecule has 1 nitrogen and oxygen atoms in total. The quantitative estimate of drug-likeness (QED) is 0.482. The molecular formula is C6H9O. The second-order valence-electron chi connectivity index (χ2n) is 1.80. The van der Waals surface area contributed by atoms with Gasteiger partial charge in [-0.1, -0.05) is 6.08 Å². The first kappa shape index (κ1) is 4.85. The van der Waals surface area contributed by atoms with E-state index in [2.05, 4.69) is 6.58 Å². The van der Waals surface area contributed by atoms with Crippen molar-refractivity contribution >= 4 is 0 Å². The summed E-state index contributed by atoms with van der Waals surface area (Å²) >= 11 is 0. The van der Waals surface area contributed by atoms with Crippen molar-refractivity contribution in [2.75, 3.05) is 0 Å². The zero-order valence-corrected chi connectivity index (χ0v) is 4.48. The molecule has 1 aliphatic rings. The third-order valence-corrected chi connectivity index (χ3v) is 1.07. The molecule has 0 spiro atoms. The number of hydrogen-bond donors (Lipinski definition) is 0. The van der Waals surface area contributed by atoms with E-state index in [4.69, 9.17) is 4.74 Å². The number of ether oxygens (including phenoxy) is 1. The van der Waals surface area contributed by atoms with Gasteiger partial charge in [-0.15, -0.1) is 6.58 Å². The minimum atomic E-state index is 0.438. The molecule has 1 radical (unpaired) electrons. The Labute approximate surface area is 44.0 Å². The molecule has 0 aromatic heterocycles. The fraction of sp³-hybridized carbons (Fsp3) is 0.500. The average Bonchev–Trinajstić information content (AvgIpc) is 1.58. The molecule has 1 atom stereocenters. The first-order chi connectivity index (χ1) is 3.33. The normalized spacial score (nSPS) is 31.9. The highest BCUT2D eigenvalue weighted by molar-refractivity contribution is 5.05. The van der Waals surface area contributed by atoms with E-state index in [1.807, 2.05) is 6.92 Å². The first-order valence-electron chi connectivity index (χ1n) is 2.48. The van der Waals surface area contributed by atoms with Crippen LogP contribution in [0.3, 0.4) is 0 Å². The van der Waals surface area contributed by atoms with Crippen molar-refractivity contribution in [1.29, 1.82) is 0 Å². The Morgan fingerprint density at radius 1 is 2.00 bits per heavy atom. The topological polar surface area (TPSA) is 9.23 Å². The third-order valence-electron chi connectivity index (χ3n) is 1.07. The van der Waals surface area contributed by atoms with E-state index < -0.39 is 0 Å². The van der Waals surface area contributed by atoms with E-state index in [0.29, 0.717) is 6.10 Å². The molecule has 0 aromatic carbocycles. The van der Waals surface area contributed by atoms with Crippen LogP contribution in [-0.2, 0) is 4.74 Å². The van der Waals surface area contributed by atoms with Crippen molar-refractivity contribution in [3.63, 3.8) is 0 Å². The van der Waals surface area contributed by atoms with Crippen molar-refractivity contribution in [1.82, 2.24) is 0 Å². The molecule has 1 fully saturated rings. The number of rotatable bonds is 1. The largest absolute Gasteiger partial charge is 0.364 e. The predicted molar refractivity (Wildman–Crippen MR) is 28.6 cm³/mol. The van der Waals surface area contributed by atoms with Crippen LogP contribution in [0.4, 0.5) is 0 Å². The fourth-order valence-corrected chi connectivity index (χ4v) is 0.664. The van der Waals surface area contributed by atoms with Crippen LogP contribution >= 0.6 is 0 Å². The highest BCUT2D eigenvalue weighted by Crippen LogP contribution is 2.26. The molecule has 1 heteroatoms. The minimum absolute atomic E-state index is 0.438. The van der Waals surface area contributed by atoms with Crippen molar-refractivity contribution < 1.29 is 4.74 Å². The molecule has 0 bridgehead atoms. The van der Waals surface area contributed by atoms with Crippen molar-refractivity contribution in [2.24, 2.45) is 0 Å². The maximum atomic E-state index is 5.09. The summed E-state index contributed by atoms with van der Waals surface area (Å²) in [6.07, 6.45) is 4.31. The van der Waals surface area contributed by atoms with E-state index in [9.17, 15) is 0 Å². The van der Waals surface area contributed by atoms with E-state index >= 15 is 0 Å². The molecule has 0 amide bonds. The highest BCUT2D eigenvalue weighted by atomic mass is 16.5. The summed E-state index contributed by atoms with van der Waals surface area (Å²) in [6.45, 7) is 5.60. The standard InChI is InChI=1S/C6H9O/c1-3-6-4-5(2)7-6/h3,5H,1,4H2,2H3. The Hall–Kier alpha value is -0.300. The van der Waals surface area contributed by atoms with Gasteiger partial charge < -0.3 is 4.74 Å². The predicted octanol–water partition coefficient (Wildman–Crippen LogP) is 1.51. The van der Waals surface area contributed by atoms with Gasteiger partial charge in [-0.25, -0.2) is 0 Å². The van der Waals surface area contributed by atoms with Gasteiger partial charge in [-0.05, 0) is 6.92 Å². The van der Waals surface area contributed by atoms with Gasteiger partial charge in [0, 0.05) is 6.42 Å². The molecule has 39 valence electrons. The Bertz CT molecular complexity index is 72.2. The minimum Gasteiger partial charge on any atom is -0.364 e. The lowest BCUT2D eigenvalue weighted by molar-refractivity contribution is -0.0113. The molecule has 0 saturated carbocycles. The van der Waals surface area contributed by atoms with Crippen LogP contribution in [-0.4, -0.2) is 6.10 Å². The van der Waals surface area contributed by atoms with Gasteiger partial charge in [-0.3, -0.25) is 0 Å². The lowest BCUT2D eigenvalue weighted by atomic mass is 10.1. The SMILES string of the molecule is C=C[C]1CC(C)O1. The van der Waals surface area contributed by atoms with Crippen LogP contribution in [0.15, 0.2) is 12.7 Å². The molecular weight excluding hydrogens is 88.1 g/mol. The Morgan fingerprint density at radius 2 is 2.57 bits per heavy atom. The monoisotopic (exact) mass is 97.1 g/mol. The van der Waals surface area contributed by atoms with Gasteiger partial charge >= 0.3 is 0 Å². The second-order valence-corrected chi connectivity index (χ2v) is 1.80. The lowest BCUT2D eigenvalue weighted by Crippen LogP contribution is -2.25. The van der Waals surface area contributed by atoms with Gasteiger partial charge in [0.05, 0.1) is 6.10 Å². The molecule has 0 N–H and O–H groups in total. The summed E-state index contributed by atoms with van der Waals surface area (Å²) in [5.41, 5.74) is 0. The van der Waals surface area contributed by atoms with Crippen LogP contribution in [0.1, 0.15) is 13.3 Å². The van der Waals surface area contributed by atoms with Gasteiger partial charge in [0.1, 0.15) is 6.10 Å². The van der Waals surface area contributed by atoms with Crippen molar-refractivity contribution in [3.05, 3.63) is 18.8 Å². The molecule has 1 heterocycles. The Kier molecular flexibility index (Phi) is 1.15. The summed E-state index contributed by atoms with van der Waals surface area (Å²) in [6, 6.07) is 0. The van der Waals surface area contributed by atoms with Gasteiger partial charge in [0.15, 0.2) is 0 Å². The van der Waals surface area contributed by atoms with Crippen molar-refractivity contribution in [2.45, 2.75) is 19.4 Å². The van der Waals surface area contributed by atoms with Gasteiger partial charge in [0.2, 0.25) is 0 Å². The molecule has 0 aromatic rings. The molecule has 0 aliphatic carbocycles. The molecule has 1 unspecified atom stereocenters. The summed E-state index contributed by atoms with van der Waals surface area (Å²) in [4.78, 5) is 0. The first-order valence-corrected chi connectivity index (χ1v) is 2.48. The summed E-state index contributed by atoms with van der Waals surface area (Å²) in [5, 5.41) is 0. The fourth-order valence-electron chi connectivity index (χ4n) is 0.664. The van der Waals surface area contributed by atoms with Gasteiger partial charge in [-0.2, -0.15) is 0 Å². The summed E-state index contributed by atoms with van der Waals surface area (Å²) in [7, 11) is 0. The zero-order chi connectivity index (χ0) is 5.28. The third kappa shape index (κ3) is 0.829. The maximum absolute atomic E-state index is 5.09. The van der Waals surface area contributed by atoms with Crippen LogP contribution in [0.5, 0.6) is 0 Å². The molecule has 1 saturated heterocycles.